The van der Waals surface area contributed by atoms with Crippen LogP contribution in [0, 0.1) is 0 Å². The highest BCUT2D eigenvalue weighted by molar-refractivity contribution is 6.02. The summed E-state index contributed by atoms with van der Waals surface area (Å²) in [4.78, 5) is 16.9. The van der Waals surface area contributed by atoms with Gasteiger partial charge in [0, 0.05) is 17.4 Å². The van der Waals surface area contributed by atoms with Crippen LogP contribution in [0.15, 0.2) is 28.9 Å². The van der Waals surface area contributed by atoms with E-state index in [2.05, 4.69) is 20.6 Å². The first-order valence-corrected chi connectivity index (χ1v) is 8.05. The molecule has 0 aromatic carbocycles. The van der Waals surface area contributed by atoms with E-state index < -0.39 is 0 Å². The van der Waals surface area contributed by atoms with Gasteiger partial charge in [-0.2, -0.15) is 5.10 Å². The number of aromatic nitrogens is 4. The number of hydrogen-bond donors (Lipinski definition) is 1. The SMILES string of the molecule is CC(C)(C)c1cc(NC(=O)c2ccc3nc(C4CC4)cn3n2)on1. The minimum Gasteiger partial charge on any atom is -0.338 e. The Kier molecular flexibility index (Phi) is 3.19. The van der Waals surface area contributed by atoms with Crippen LogP contribution >= 0.6 is 0 Å². The Morgan fingerprint density at radius 2 is 2.12 bits per heavy atom. The van der Waals surface area contributed by atoms with E-state index in [1.165, 1.54) is 12.8 Å². The largest absolute Gasteiger partial charge is 0.338 e. The van der Waals surface area contributed by atoms with E-state index >= 15 is 0 Å². The highest BCUT2D eigenvalue weighted by atomic mass is 16.5. The van der Waals surface area contributed by atoms with Gasteiger partial charge in [0.15, 0.2) is 5.65 Å². The first-order chi connectivity index (χ1) is 11.4. The predicted molar refractivity (Wildman–Crippen MR) is 88.1 cm³/mol. The molecule has 0 bridgehead atoms. The molecule has 1 N–H and O–H groups in total. The minimum absolute atomic E-state index is 0.139. The van der Waals surface area contributed by atoms with Gasteiger partial charge in [0.25, 0.3) is 5.91 Å². The third-order valence-electron chi connectivity index (χ3n) is 4.08. The van der Waals surface area contributed by atoms with Crippen molar-refractivity contribution in [2.45, 2.75) is 44.9 Å². The second-order valence-corrected chi connectivity index (χ2v) is 7.24. The summed E-state index contributed by atoms with van der Waals surface area (Å²) in [6.45, 7) is 6.09. The van der Waals surface area contributed by atoms with Gasteiger partial charge in [0.05, 0.1) is 17.6 Å². The predicted octanol–water partition coefficient (Wildman–Crippen LogP) is 3.14. The molecule has 1 saturated carbocycles. The third kappa shape index (κ3) is 2.77. The van der Waals surface area contributed by atoms with E-state index in [1.807, 2.05) is 27.0 Å². The molecule has 1 aliphatic rings. The van der Waals surface area contributed by atoms with Crippen molar-refractivity contribution in [2.75, 3.05) is 5.32 Å². The maximum absolute atomic E-state index is 12.4. The first-order valence-electron chi connectivity index (χ1n) is 8.05. The Bertz CT molecular complexity index is 915. The first kappa shape index (κ1) is 14.9. The third-order valence-corrected chi connectivity index (χ3v) is 4.08. The molecular formula is C17H19N5O2. The molecule has 0 unspecified atom stereocenters. The van der Waals surface area contributed by atoms with Gasteiger partial charge in [-0.05, 0) is 25.0 Å². The smallest absolute Gasteiger partial charge is 0.278 e. The van der Waals surface area contributed by atoms with Crippen molar-refractivity contribution in [1.82, 2.24) is 19.8 Å². The Labute approximate surface area is 139 Å². The molecule has 1 aliphatic carbocycles. The number of imidazole rings is 1. The molecule has 0 spiro atoms. The molecule has 7 nitrogen and oxygen atoms in total. The van der Waals surface area contributed by atoms with Crippen molar-refractivity contribution < 1.29 is 9.32 Å². The maximum Gasteiger partial charge on any atom is 0.278 e. The zero-order valence-electron chi connectivity index (χ0n) is 13.9. The molecule has 1 amide bonds. The van der Waals surface area contributed by atoms with Gasteiger partial charge in [0.1, 0.15) is 5.69 Å². The Morgan fingerprint density at radius 1 is 1.33 bits per heavy atom. The highest BCUT2D eigenvalue weighted by Crippen LogP contribution is 2.39. The van der Waals surface area contributed by atoms with Crippen LogP contribution in [0.25, 0.3) is 5.65 Å². The summed E-state index contributed by atoms with van der Waals surface area (Å²) in [5.74, 6) is 0.528. The van der Waals surface area contributed by atoms with E-state index in [9.17, 15) is 4.79 Å². The van der Waals surface area contributed by atoms with E-state index in [0.717, 1.165) is 17.0 Å². The molecule has 0 saturated heterocycles. The van der Waals surface area contributed by atoms with E-state index in [1.54, 1.807) is 22.7 Å². The standard InChI is InChI=1S/C17H19N5O2/c1-17(2,3)13-8-15(24-21-13)19-16(23)11-6-7-14-18-12(10-4-5-10)9-22(14)20-11/h6-10H,4-5H2,1-3H3,(H,19,23). The van der Waals surface area contributed by atoms with Crippen LogP contribution in [0.5, 0.6) is 0 Å². The number of fused-ring (bicyclic) bond motifs is 1. The number of nitrogens with one attached hydrogen (secondary N) is 1. The topological polar surface area (TPSA) is 85.3 Å². The van der Waals surface area contributed by atoms with Crippen LogP contribution in [0.2, 0.25) is 0 Å². The van der Waals surface area contributed by atoms with Crippen molar-refractivity contribution in [1.29, 1.82) is 0 Å². The summed E-state index contributed by atoms with van der Waals surface area (Å²) in [5.41, 5.74) is 2.74. The fraction of sp³-hybridized carbons (Fsp3) is 0.412. The number of rotatable bonds is 3. The lowest BCUT2D eigenvalue weighted by atomic mass is 9.92. The van der Waals surface area contributed by atoms with Crippen LogP contribution < -0.4 is 5.32 Å². The monoisotopic (exact) mass is 325 g/mol. The van der Waals surface area contributed by atoms with Crippen LogP contribution in [0.1, 0.15) is 61.4 Å². The normalized spacial score (nSPS) is 15.0. The molecule has 4 rings (SSSR count). The van der Waals surface area contributed by atoms with Gasteiger partial charge < -0.3 is 4.52 Å². The summed E-state index contributed by atoms with van der Waals surface area (Å²) >= 11 is 0. The molecule has 3 aromatic rings. The van der Waals surface area contributed by atoms with Gasteiger partial charge >= 0.3 is 0 Å². The number of anilines is 1. The number of carbonyl (C=O) groups is 1. The number of hydrogen-bond acceptors (Lipinski definition) is 5. The molecule has 0 radical (unpaired) electrons. The van der Waals surface area contributed by atoms with Crippen molar-refractivity contribution in [3.63, 3.8) is 0 Å². The summed E-state index contributed by atoms with van der Waals surface area (Å²) < 4.78 is 6.84. The average molecular weight is 325 g/mol. The molecule has 3 aromatic heterocycles. The van der Waals surface area contributed by atoms with Crippen molar-refractivity contribution in [3.05, 3.63) is 41.5 Å². The Balaban J connectivity index is 1.55. The quantitative estimate of drug-likeness (QED) is 0.799. The molecule has 7 heteroatoms. The molecular weight excluding hydrogens is 306 g/mol. The fourth-order valence-electron chi connectivity index (χ4n) is 2.46. The summed E-state index contributed by atoms with van der Waals surface area (Å²) in [7, 11) is 0. The highest BCUT2D eigenvalue weighted by Gasteiger charge is 2.26. The van der Waals surface area contributed by atoms with Gasteiger partial charge in [-0.1, -0.05) is 25.9 Å². The zero-order valence-corrected chi connectivity index (χ0v) is 13.9. The van der Waals surface area contributed by atoms with Gasteiger partial charge in [-0.25, -0.2) is 9.50 Å². The minimum atomic E-state index is -0.338. The summed E-state index contributed by atoms with van der Waals surface area (Å²) in [6.07, 6.45) is 4.26. The van der Waals surface area contributed by atoms with Gasteiger partial charge in [-0.15, -0.1) is 0 Å². The average Bonchev–Trinajstić information content (AvgIpc) is 3.10. The van der Waals surface area contributed by atoms with Crippen molar-refractivity contribution in [2.24, 2.45) is 0 Å². The summed E-state index contributed by atoms with van der Waals surface area (Å²) in [6, 6.07) is 5.20. The zero-order chi connectivity index (χ0) is 16.9. The second-order valence-electron chi connectivity index (χ2n) is 7.24. The summed E-state index contributed by atoms with van der Waals surface area (Å²) in [5, 5.41) is 11.0. The fourth-order valence-corrected chi connectivity index (χ4v) is 2.46. The molecule has 124 valence electrons. The van der Waals surface area contributed by atoms with E-state index in [0.29, 0.717) is 17.5 Å². The van der Waals surface area contributed by atoms with Crippen molar-refractivity contribution in [3.8, 4) is 0 Å². The number of amides is 1. The molecule has 3 heterocycles. The molecule has 0 atom stereocenters. The number of carbonyl (C=O) groups excluding carboxylic acids is 1. The van der Waals surface area contributed by atoms with Crippen LogP contribution in [0.3, 0.4) is 0 Å². The lowest BCUT2D eigenvalue weighted by molar-refractivity contribution is 0.101. The van der Waals surface area contributed by atoms with Crippen LogP contribution in [0.4, 0.5) is 5.88 Å². The van der Waals surface area contributed by atoms with Gasteiger partial charge in [0.2, 0.25) is 5.88 Å². The second kappa shape index (κ2) is 5.15. The van der Waals surface area contributed by atoms with Gasteiger partial charge in [-0.3, -0.25) is 10.1 Å². The number of nitrogens with zero attached hydrogens (tertiary/aromatic N) is 4. The van der Waals surface area contributed by atoms with E-state index in [-0.39, 0.29) is 11.3 Å². The Hall–Kier alpha value is -2.70. The van der Waals surface area contributed by atoms with E-state index in [4.69, 9.17) is 4.52 Å². The van der Waals surface area contributed by atoms with Crippen molar-refractivity contribution >= 4 is 17.4 Å². The van der Waals surface area contributed by atoms with Crippen LogP contribution in [-0.4, -0.2) is 25.7 Å². The molecule has 24 heavy (non-hydrogen) atoms. The maximum atomic E-state index is 12.4. The molecule has 1 fully saturated rings. The lowest BCUT2D eigenvalue weighted by Crippen LogP contribution is -2.15. The van der Waals surface area contributed by atoms with Crippen LogP contribution in [-0.2, 0) is 5.41 Å². The Morgan fingerprint density at radius 3 is 2.79 bits per heavy atom. The molecule has 0 aliphatic heterocycles. The lowest BCUT2D eigenvalue weighted by Gasteiger charge is -2.12.